The Hall–Kier alpha value is -2.61. The van der Waals surface area contributed by atoms with Crippen molar-refractivity contribution in [2.75, 3.05) is 6.54 Å². The van der Waals surface area contributed by atoms with Crippen molar-refractivity contribution in [1.29, 1.82) is 0 Å². The summed E-state index contributed by atoms with van der Waals surface area (Å²) < 4.78 is 0. The van der Waals surface area contributed by atoms with Crippen LogP contribution in [-0.2, 0) is 4.79 Å². The van der Waals surface area contributed by atoms with Crippen molar-refractivity contribution in [2.24, 2.45) is 0 Å². The Morgan fingerprint density at radius 3 is 2.57 bits per heavy atom. The lowest BCUT2D eigenvalue weighted by Gasteiger charge is -2.29. The summed E-state index contributed by atoms with van der Waals surface area (Å²) in [4.78, 5) is 37.3. The van der Waals surface area contributed by atoms with Crippen LogP contribution in [0.15, 0.2) is 24.3 Å². The normalized spacial score (nSPS) is 23.0. The second-order valence-electron chi connectivity index (χ2n) is 5.67. The van der Waals surface area contributed by atoms with Crippen LogP contribution in [0.5, 0.6) is 0 Å². The van der Waals surface area contributed by atoms with Gasteiger partial charge in [-0.25, -0.2) is 9.86 Å². The number of urea groups is 1. The molecular weight excluding hydrogens is 300 g/mol. The minimum Gasteiger partial charge on any atom is -0.309 e. The van der Waals surface area contributed by atoms with Crippen LogP contribution in [0.3, 0.4) is 0 Å². The average molecular weight is 317 g/mol. The minimum atomic E-state index is -0.696. The van der Waals surface area contributed by atoms with Crippen molar-refractivity contribution in [3.63, 3.8) is 0 Å². The molecule has 4 amide bonds. The molecule has 0 saturated carbocycles. The first-order valence-electron chi connectivity index (χ1n) is 7.28. The third-order valence-corrected chi connectivity index (χ3v) is 4.16. The van der Waals surface area contributed by atoms with Gasteiger partial charge in [0, 0.05) is 12.1 Å². The van der Waals surface area contributed by atoms with E-state index in [9.17, 15) is 19.6 Å². The van der Waals surface area contributed by atoms with Crippen molar-refractivity contribution in [1.82, 2.24) is 20.8 Å². The van der Waals surface area contributed by atoms with Gasteiger partial charge >= 0.3 is 6.03 Å². The molecular formula is C15H17N4O4. The van der Waals surface area contributed by atoms with Crippen LogP contribution in [0.1, 0.15) is 28.8 Å². The van der Waals surface area contributed by atoms with Gasteiger partial charge in [0.25, 0.3) is 11.8 Å². The first-order chi connectivity index (χ1) is 11.0. The Kier molecular flexibility index (Phi) is 3.91. The number of fused-ring (bicyclic) bond motifs is 2. The zero-order valence-electron chi connectivity index (χ0n) is 12.4. The van der Waals surface area contributed by atoms with Crippen LogP contribution < -0.4 is 10.9 Å². The number of benzene rings is 1. The van der Waals surface area contributed by atoms with Crippen LogP contribution in [0.25, 0.3) is 0 Å². The number of rotatable bonds is 2. The largest absolute Gasteiger partial charge is 0.344 e. The fraction of sp³-hybridized carbons (Fsp3) is 0.333. The number of hydrogen-bond acceptors (Lipinski definition) is 4. The zero-order chi connectivity index (χ0) is 16.6. The lowest BCUT2D eigenvalue weighted by molar-refractivity contribution is -0.126. The molecule has 2 aliphatic rings. The van der Waals surface area contributed by atoms with Gasteiger partial charge in [-0.15, -0.1) is 0 Å². The maximum Gasteiger partial charge on any atom is 0.344 e. The molecule has 2 aliphatic heterocycles. The third-order valence-electron chi connectivity index (χ3n) is 4.16. The molecule has 2 bridgehead atoms. The molecule has 0 unspecified atom stereocenters. The average Bonchev–Trinajstić information content (AvgIpc) is 2.77. The van der Waals surface area contributed by atoms with Gasteiger partial charge in [0.2, 0.25) is 0 Å². The first kappa shape index (κ1) is 15.3. The van der Waals surface area contributed by atoms with Gasteiger partial charge in [-0.1, -0.05) is 12.1 Å². The van der Waals surface area contributed by atoms with Gasteiger partial charge in [0.05, 0.1) is 6.04 Å². The second-order valence-corrected chi connectivity index (χ2v) is 5.67. The zero-order valence-corrected chi connectivity index (χ0v) is 12.4. The molecule has 23 heavy (non-hydrogen) atoms. The molecule has 0 aromatic heterocycles. The lowest BCUT2D eigenvalue weighted by atomic mass is 10.0. The van der Waals surface area contributed by atoms with E-state index in [-0.39, 0.29) is 6.04 Å². The molecule has 1 aromatic carbocycles. The number of carbonyl (C=O) groups excluding carboxylic acids is 3. The molecule has 2 saturated heterocycles. The molecule has 8 heteroatoms. The summed E-state index contributed by atoms with van der Waals surface area (Å²) >= 11 is 0. The summed E-state index contributed by atoms with van der Waals surface area (Å²) in [6.07, 6.45) is 0.973. The maximum atomic E-state index is 12.2. The fourth-order valence-electron chi connectivity index (χ4n) is 2.85. The number of carbonyl (C=O) groups is 3. The summed E-state index contributed by atoms with van der Waals surface area (Å²) in [6.45, 7) is 4.04. The molecule has 0 spiro atoms. The van der Waals surface area contributed by atoms with Crippen LogP contribution in [0, 0.1) is 6.92 Å². The van der Waals surface area contributed by atoms with E-state index in [2.05, 4.69) is 17.8 Å². The van der Waals surface area contributed by atoms with Gasteiger partial charge in [0.15, 0.2) is 0 Å². The smallest absolute Gasteiger partial charge is 0.309 e. The standard InChI is InChI=1S/C15H17N4O4/c1-9-2-4-10(5-3-9)13(20)16-17-14(21)12-7-6-11-8-18(12)15(22)19(11)23/h2-5,11-12,23H,1,6-8H2,(H,16,20)(H,17,21)/t11-,12+/m1/s1. The van der Waals surface area contributed by atoms with Crippen LogP contribution in [0.2, 0.25) is 0 Å². The van der Waals surface area contributed by atoms with Crippen molar-refractivity contribution < 1.29 is 19.6 Å². The van der Waals surface area contributed by atoms with Gasteiger partial charge in [-0.05, 0) is 37.5 Å². The summed E-state index contributed by atoms with van der Waals surface area (Å²) in [5, 5.41) is 10.3. The van der Waals surface area contributed by atoms with E-state index in [0.717, 1.165) is 5.56 Å². The number of nitrogens with one attached hydrogen (secondary N) is 2. The quantitative estimate of drug-likeness (QED) is 0.539. The van der Waals surface area contributed by atoms with Gasteiger partial charge < -0.3 is 4.90 Å². The van der Waals surface area contributed by atoms with Gasteiger partial charge in [-0.3, -0.25) is 25.6 Å². The number of piperidine rings is 1. The van der Waals surface area contributed by atoms with E-state index < -0.39 is 23.9 Å². The van der Waals surface area contributed by atoms with E-state index in [1.165, 1.54) is 4.90 Å². The monoisotopic (exact) mass is 317 g/mol. The van der Waals surface area contributed by atoms with Crippen molar-refractivity contribution in [3.05, 3.63) is 42.3 Å². The fourth-order valence-corrected chi connectivity index (χ4v) is 2.85. The van der Waals surface area contributed by atoms with Crippen molar-refractivity contribution >= 4 is 17.8 Å². The molecule has 3 rings (SSSR count). The highest BCUT2D eigenvalue weighted by atomic mass is 16.5. The number of hydroxylamine groups is 2. The molecule has 3 N–H and O–H groups in total. The number of hydrogen-bond donors (Lipinski definition) is 3. The Bertz CT molecular complexity index is 645. The van der Waals surface area contributed by atoms with Gasteiger partial charge in [-0.2, -0.15) is 0 Å². The summed E-state index contributed by atoms with van der Waals surface area (Å²) in [7, 11) is 0. The Labute approximate surface area is 133 Å². The molecule has 1 radical (unpaired) electrons. The maximum absolute atomic E-state index is 12.2. The van der Waals surface area contributed by atoms with E-state index in [4.69, 9.17) is 0 Å². The Morgan fingerprint density at radius 2 is 1.87 bits per heavy atom. The highest BCUT2D eigenvalue weighted by Gasteiger charge is 2.46. The molecule has 0 aliphatic carbocycles. The molecule has 8 nitrogen and oxygen atoms in total. The summed E-state index contributed by atoms with van der Waals surface area (Å²) in [6, 6.07) is 5.05. The molecule has 2 heterocycles. The van der Waals surface area contributed by atoms with E-state index in [1.807, 2.05) is 0 Å². The summed E-state index contributed by atoms with van der Waals surface area (Å²) in [5.41, 5.74) is 5.83. The molecule has 2 atom stereocenters. The Balaban J connectivity index is 1.58. The predicted octanol–water partition coefficient (Wildman–Crippen LogP) is 0.288. The van der Waals surface area contributed by atoms with Crippen LogP contribution >= 0.6 is 0 Å². The SMILES string of the molecule is [CH2]c1ccc(C(=O)NNC(=O)[C@@H]2CC[C@@H]3CN2C(=O)N3O)cc1. The summed E-state index contributed by atoms with van der Waals surface area (Å²) in [5.74, 6) is -0.933. The van der Waals surface area contributed by atoms with Crippen LogP contribution in [0.4, 0.5) is 4.79 Å². The molecule has 121 valence electrons. The van der Waals surface area contributed by atoms with Gasteiger partial charge in [0.1, 0.15) is 6.04 Å². The Morgan fingerprint density at radius 1 is 1.17 bits per heavy atom. The second kappa shape index (κ2) is 5.88. The van der Waals surface area contributed by atoms with E-state index >= 15 is 0 Å². The lowest BCUT2D eigenvalue weighted by Crippen LogP contribution is -2.54. The van der Waals surface area contributed by atoms with E-state index in [1.54, 1.807) is 24.3 Å². The number of nitrogens with zero attached hydrogens (tertiary/aromatic N) is 2. The first-order valence-corrected chi connectivity index (χ1v) is 7.28. The van der Waals surface area contributed by atoms with Crippen molar-refractivity contribution in [3.8, 4) is 0 Å². The topological polar surface area (TPSA) is 102 Å². The minimum absolute atomic E-state index is 0.262. The number of amides is 4. The molecule has 2 fully saturated rings. The van der Waals surface area contributed by atoms with Crippen molar-refractivity contribution in [2.45, 2.75) is 24.9 Å². The molecule has 1 aromatic rings. The third kappa shape index (κ3) is 2.85. The van der Waals surface area contributed by atoms with E-state index in [0.29, 0.717) is 30.0 Å². The highest BCUT2D eigenvalue weighted by Crippen LogP contribution is 2.28. The predicted molar refractivity (Wildman–Crippen MR) is 79.0 cm³/mol. The number of hydrazine groups is 1. The van der Waals surface area contributed by atoms with Crippen LogP contribution in [-0.4, -0.2) is 51.6 Å². The highest BCUT2D eigenvalue weighted by molar-refractivity contribution is 5.96.